The van der Waals surface area contributed by atoms with Gasteiger partial charge in [-0.3, -0.25) is 4.79 Å². The van der Waals surface area contributed by atoms with Crippen LogP contribution in [-0.2, 0) is 4.79 Å². The van der Waals surface area contributed by atoms with Crippen LogP contribution in [-0.4, -0.2) is 19.0 Å². The summed E-state index contributed by atoms with van der Waals surface area (Å²) in [6.07, 6.45) is 4.00. The lowest BCUT2D eigenvalue weighted by atomic mass is 10.1. The summed E-state index contributed by atoms with van der Waals surface area (Å²) in [5.41, 5.74) is 1.26. The molecule has 19 heavy (non-hydrogen) atoms. The Balaban J connectivity index is 2.11. The lowest BCUT2D eigenvalue weighted by molar-refractivity contribution is -0.121. The Morgan fingerprint density at radius 1 is 1.16 bits per heavy atom. The van der Waals surface area contributed by atoms with E-state index < -0.39 is 0 Å². The van der Waals surface area contributed by atoms with Crippen LogP contribution in [0.5, 0.6) is 0 Å². The van der Waals surface area contributed by atoms with E-state index in [1.165, 1.54) is 18.4 Å². The number of hydrogen-bond acceptors (Lipinski definition) is 2. The molecule has 1 aromatic rings. The lowest BCUT2D eigenvalue weighted by Crippen LogP contribution is -2.29. The fourth-order valence-electron chi connectivity index (χ4n) is 1.95. The molecule has 0 saturated heterocycles. The second-order valence-corrected chi connectivity index (χ2v) is 4.89. The van der Waals surface area contributed by atoms with Gasteiger partial charge in [0, 0.05) is 25.6 Å². The zero-order valence-electron chi connectivity index (χ0n) is 12.1. The molecule has 0 radical (unpaired) electrons. The van der Waals surface area contributed by atoms with Crippen molar-refractivity contribution in [2.45, 2.75) is 45.6 Å². The van der Waals surface area contributed by atoms with Crippen molar-refractivity contribution in [3.63, 3.8) is 0 Å². The summed E-state index contributed by atoms with van der Waals surface area (Å²) in [7, 11) is 0. The average Bonchev–Trinajstić information content (AvgIpc) is 2.44. The Labute approximate surface area is 116 Å². The Hall–Kier alpha value is -1.35. The fourth-order valence-corrected chi connectivity index (χ4v) is 1.95. The molecule has 1 unspecified atom stereocenters. The van der Waals surface area contributed by atoms with E-state index in [-0.39, 0.29) is 11.9 Å². The van der Waals surface area contributed by atoms with E-state index in [0.29, 0.717) is 6.42 Å². The molecule has 1 aromatic carbocycles. The minimum Gasteiger partial charge on any atom is -0.356 e. The van der Waals surface area contributed by atoms with Gasteiger partial charge < -0.3 is 10.6 Å². The standard InChI is InChI=1S/C16H26N2O/c1-3-4-8-12-18-16(19)11-13-17-14(2)15-9-6-5-7-10-15/h5-7,9-10,14,17H,3-4,8,11-13H2,1-2H3,(H,18,19). The van der Waals surface area contributed by atoms with Gasteiger partial charge in [0.25, 0.3) is 0 Å². The first kappa shape index (κ1) is 15.7. The van der Waals surface area contributed by atoms with Gasteiger partial charge in [0.15, 0.2) is 0 Å². The minimum atomic E-state index is 0.142. The van der Waals surface area contributed by atoms with E-state index in [0.717, 1.165) is 19.5 Å². The van der Waals surface area contributed by atoms with Crippen molar-refractivity contribution in [3.8, 4) is 0 Å². The van der Waals surface area contributed by atoms with Gasteiger partial charge >= 0.3 is 0 Å². The molecule has 1 atom stereocenters. The highest BCUT2D eigenvalue weighted by atomic mass is 16.1. The van der Waals surface area contributed by atoms with Gasteiger partial charge in [-0.1, -0.05) is 50.1 Å². The van der Waals surface area contributed by atoms with E-state index in [4.69, 9.17) is 0 Å². The largest absolute Gasteiger partial charge is 0.356 e. The molecule has 3 heteroatoms. The maximum atomic E-state index is 11.6. The predicted molar refractivity (Wildman–Crippen MR) is 80.0 cm³/mol. The quantitative estimate of drug-likeness (QED) is 0.672. The van der Waals surface area contributed by atoms with Crippen LogP contribution in [0, 0.1) is 0 Å². The highest BCUT2D eigenvalue weighted by Gasteiger charge is 2.05. The van der Waals surface area contributed by atoms with Crippen molar-refractivity contribution >= 4 is 5.91 Å². The number of hydrogen-bond donors (Lipinski definition) is 2. The summed E-state index contributed by atoms with van der Waals surface area (Å²) in [6.45, 7) is 5.81. The molecule has 1 rings (SSSR count). The topological polar surface area (TPSA) is 41.1 Å². The monoisotopic (exact) mass is 262 g/mol. The molecule has 0 aliphatic carbocycles. The van der Waals surface area contributed by atoms with E-state index in [9.17, 15) is 4.79 Å². The van der Waals surface area contributed by atoms with Gasteiger partial charge in [0.1, 0.15) is 0 Å². The van der Waals surface area contributed by atoms with Crippen LogP contribution < -0.4 is 10.6 Å². The van der Waals surface area contributed by atoms with Crippen LogP contribution in [0.25, 0.3) is 0 Å². The Morgan fingerprint density at radius 3 is 2.58 bits per heavy atom. The predicted octanol–water partition coefficient (Wildman–Crippen LogP) is 3.03. The van der Waals surface area contributed by atoms with Gasteiger partial charge in [-0.15, -0.1) is 0 Å². The van der Waals surface area contributed by atoms with Crippen LogP contribution in [0.3, 0.4) is 0 Å². The SMILES string of the molecule is CCCCCNC(=O)CCNC(C)c1ccccc1. The fraction of sp³-hybridized carbons (Fsp3) is 0.562. The van der Waals surface area contributed by atoms with Gasteiger partial charge in [-0.25, -0.2) is 0 Å². The normalized spacial score (nSPS) is 12.1. The first-order valence-electron chi connectivity index (χ1n) is 7.29. The van der Waals surface area contributed by atoms with Gasteiger partial charge in [-0.2, -0.15) is 0 Å². The molecule has 1 amide bonds. The van der Waals surface area contributed by atoms with Crippen LogP contribution in [0.2, 0.25) is 0 Å². The third-order valence-electron chi connectivity index (χ3n) is 3.20. The number of carbonyl (C=O) groups excluding carboxylic acids is 1. The van der Waals surface area contributed by atoms with Crippen LogP contribution in [0.1, 0.15) is 51.1 Å². The number of nitrogens with one attached hydrogen (secondary N) is 2. The van der Waals surface area contributed by atoms with Crippen molar-refractivity contribution in [2.24, 2.45) is 0 Å². The Kier molecular flexibility index (Phi) is 7.91. The first-order chi connectivity index (χ1) is 9.24. The number of rotatable bonds is 9. The lowest BCUT2D eigenvalue weighted by Gasteiger charge is -2.14. The van der Waals surface area contributed by atoms with Crippen LogP contribution >= 0.6 is 0 Å². The Morgan fingerprint density at radius 2 is 1.89 bits per heavy atom. The number of unbranched alkanes of at least 4 members (excludes halogenated alkanes) is 2. The molecule has 0 spiro atoms. The van der Waals surface area contributed by atoms with Crippen molar-refractivity contribution in [3.05, 3.63) is 35.9 Å². The molecule has 0 aliphatic heterocycles. The second-order valence-electron chi connectivity index (χ2n) is 4.89. The molecule has 0 aliphatic rings. The number of carbonyl (C=O) groups is 1. The summed E-state index contributed by atoms with van der Waals surface area (Å²) in [5, 5.41) is 6.32. The summed E-state index contributed by atoms with van der Waals surface area (Å²) in [5.74, 6) is 0.142. The van der Waals surface area contributed by atoms with Crippen LogP contribution in [0.4, 0.5) is 0 Å². The van der Waals surface area contributed by atoms with Crippen molar-refractivity contribution in [1.82, 2.24) is 10.6 Å². The van der Waals surface area contributed by atoms with Crippen molar-refractivity contribution < 1.29 is 4.79 Å². The smallest absolute Gasteiger partial charge is 0.221 e. The van der Waals surface area contributed by atoms with E-state index >= 15 is 0 Å². The van der Waals surface area contributed by atoms with E-state index in [2.05, 4.69) is 36.6 Å². The van der Waals surface area contributed by atoms with E-state index in [1.54, 1.807) is 0 Å². The molecular formula is C16H26N2O. The third-order valence-corrected chi connectivity index (χ3v) is 3.20. The first-order valence-corrected chi connectivity index (χ1v) is 7.29. The molecule has 0 saturated carbocycles. The third kappa shape index (κ3) is 6.97. The summed E-state index contributed by atoms with van der Waals surface area (Å²) < 4.78 is 0. The molecule has 106 valence electrons. The van der Waals surface area contributed by atoms with Gasteiger partial charge in [0.05, 0.1) is 0 Å². The maximum absolute atomic E-state index is 11.6. The molecule has 0 aromatic heterocycles. The molecule has 0 heterocycles. The summed E-state index contributed by atoms with van der Waals surface area (Å²) in [6, 6.07) is 10.6. The maximum Gasteiger partial charge on any atom is 0.221 e. The molecule has 3 nitrogen and oxygen atoms in total. The average molecular weight is 262 g/mol. The summed E-state index contributed by atoms with van der Waals surface area (Å²) >= 11 is 0. The van der Waals surface area contributed by atoms with Gasteiger partial charge in [0.2, 0.25) is 5.91 Å². The van der Waals surface area contributed by atoms with E-state index in [1.807, 2.05) is 18.2 Å². The minimum absolute atomic E-state index is 0.142. The highest BCUT2D eigenvalue weighted by molar-refractivity contribution is 5.75. The van der Waals surface area contributed by atoms with Crippen molar-refractivity contribution in [2.75, 3.05) is 13.1 Å². The highest BCUT2D eigenvalue weighted by Crippen LogP contribution is 2.10. The summed E-state index contributed by atoms with van der Waals surface area (Å²) in [4.78, 5) is 11.6. The number of benzene rings is 1. The molecular weight excluding hydrogens is 236 g/mol. The number of amides is 1. The zero-order valence-corrected chi connectivity index (χ0v) is 12.1. The Bertz CT molecular complexity index is 351. The van der Waals surface area contributed by atoms with Crippen molar-refractivity contribution in [1.29, 1.82) is 0 Å². The second kappa shape index (κ2) is 9.56. The molecule has 0 bridgehead atoms. The zero-order chi connectivity index (χ0) is 13.9. The van der Waals surface area contributed by atoms with Crippen LogP contribution in [0.15, 0.2) is 30.3 Å². The molecule has 2 N–H and O–H groups in total. The van der Waals surface area contributed by atoms with Gasteiger partial charge in [-0.05, 0) is 18.9 Å². The molecule has 0 fully saturated rings.